The fraction of sp³-hybridized carbons (Fsp3) is 0.600. The van der Waals surface area contributed by atoms with Gasteiger partial charge in [0, 0.05) is 18.2 Å². The molecular weight excluding hydrogens is 262 g/mol. The van der Waals surface area contributed by atoms with E-state index in [-0.39, 0.29) is 0 Å². The average Bonchev–Trinajstić information content (AvgIpc) is 2.69. The van der Waals surface area contributed by atoms with Crippen LogP contribution >= 0.6 is 11.6 Å². The van der Waals surface area contributed by atoms with E-state index in [0.717, 1.165) is 5.69 Å². The Morgan fingerprint density at radius 2 is 1.58 bits per heavy atom. The number of ether oxygens (including phenoxy) is 2. The summed E-state index contributed by atoms with van der Waals surface area (Å²) in [5, 5.41) is 4.23. The summed E-state index contributed by atoms with van der Waals surface area (Å²) < 4.78 is 10.6. The molecule has 0 radical (unpaired) electrons. The molecule has 1 fully saturated rings. The lowest BCUT2D eigenvalue weighted by Crippen LogP contribution is -2.18. The molecule has 2 rings (SSSR count). The van der Waals surface area contributed by atoms with E-state index >= 15 is 0 Å². The Morgan fingerprint density at radius 3 is 2.16 bits per heavy atom. The summed E-state index contributed by atoms with van der Waals surface area (Å²) in [6, 6.07) is 4.24. The fourth-order valence-corrected chi connectivity index (χ4v) is 2.82. The summed E-state index contributed by atoms with van der Waals surface area (Å²) >= 11 is 6.30. The molecule has 1 saturated carbocycles. The minimum atomic E-state index is 0.512. The second-order valence-corrected chi connectivity index (χ2v) is 5.43. The third kappa shape index (κ3) is 3.69. The highest BCUT2D eigenvalue weighted by molar-refractivity contribution is 6.33. The van der Waals surface area contributed by atoms with E-state index in [1.54, 1.807) is 20.3 Å². The highest BCUT2D eigenvalue weighted by Crippen LogP contribution is 2.37. The summed E-state index contributed by atoms with van der Waals surface area (Å²) in [5.74, 6) is 1.38. The summed E-state index contributed by atoms with van der Waals surface area (Å²) in [6.07, 6.45) is 7.70. The molecule has 3 nitrogen and oxygen atoms in total. The van der Waals surface area contributed by atoms with Crippen molar-refractivity contribution in [2.24, 2.45) is 0 Å². The van der Waals surface area contributed by atoms with Crippen molar-refractivity contribution < 1.29 is 9.47 Å². The highest BCUT2D eigenvalue weighted by Gasteiger charge is 2.15. The summed E-state index contributed by atoms with van der Waals surface area (Å²) in [6.45, 7) is 0. The van der Waals surface area contributed by atoms with Gasteiger partial charge in [-0.2, -0.15) is 0 Å². The zero-order chi connectivity index (χ0) is 13.7. The van der Waals surface area contributed by atoms with E-state index in [2.05, 4.69) is 5.32 Å². The number of anilines is 1. The van der Waals surface area contributed by atoms with Gasteiger partial charge in [-0.05, 0) is 12.8 Å². The monoisotopic (exact) mass is 283 g/mol. The van der Waals surface area contributed by atoms with Crippen molar-refractivity contribution in [3.63, 3.8) is 0 Å². The van der Waals surface area contributed by atoms with E-state index in [0.29, 0.717) is 22.6 Å². The maximum atomic E-state index is 6.30. The van der Waals surface area contributed by atoms with E-state index in [1.807, 2.05) is 6.07 Å². The van der Waals surface area contributed by atoms with Gasteiger partial charge in [-0.3, -0.25) is 0 Å². The number of benzene rings is 1. The van der Waals surface area contributed by atoms with E-state index in [1.165, 1.54) is 38.5 Å². The second-order valence-electron chi connectivity index (χ2n) is 5.02. The highest BCUT2D eigenvalue weighted by atomic mass is 35.5. The first-order chi connectivity index (χ1) is 9.24. The van der Waals surface area contributed by atoms with Gasteiger partial charge < -0.3 is 14.8 Å². The lowest BCUT2D eigenvalue weighted by molar-refractivity contribution is 0.355. The van der Waals surface area contributed by atoms with Crippen molar-refractivity contribution in [3.05, 3.63) is 17.2 Å². The fourth-order valence-electron chi connectivity index (χ4n) is 2.61. The number of halogens is 1. The van der Waals surface area contributed by atoms with Crippen LogP contribution in [-0.2, 0) is 0 Å². The third-order valence-corrected chi connectivity index (χ3v) is 4.00. The van der Waals surface area contributed by atoms with Crippen LogP contribution in [0.1, 0.15) is 38.5 Å². The summed E-state index contributed by atoms with van der Waals surface area (Å²) in [4.78, 5) is 0. The Morgan fingerprint density at radius 1 is 1.00 bits per heavy atom. The largest absolute Gasteiger partial charge is 0.493 e. The summed E-state index contributed by atoms with van der Waals surface area (Å²) in [7, 11) is 3.26. The molecule has 106 valence electrons. The molecule has 1 aliphatic rings. The van der Waals surface area contributed by atoms with Crippen LogP contribution < -0.4 is 14.8 Å². The topological polar surface area (TPSA) is 30.5 Å². The van der Waals surface area contributed by atoms with Crippen LogP contribution in [0.2, 0.25) is 5.02 Å². The molecule has 1 aliphatic carbocycles. The van der Waals surface area contributed by atoms with Gasteiger partial charge in [-0.15, -0.1) is 0 Å². The maximum Gasteiger partial charge on any atom is 0.162 e. The first-order valence-electron chi connectivity index (χ1n) is 6.92. The number of methoxy groups -OCH3 is 2. The average molecular weight is 284 g/mol. The number of hydrogen-bond acceptors (Lipinski definition) is 3. The van der Waals surface area contributed by atoms with Gasteiger partial charge in [-0.1, -0.05) is 37.3 Å². The molecule has 0 unspecified atom stereocenters. The van der Waals surface area contributed by atoms with Crippen LogP contribution in [0.15, 0.2) is 12.1 Å². The van der Waals surface area contributed by atoms with Gasteiger partial charge in [-0.25, -0.2) is 0 Å². The van der Waals surface area contributed by atoms with Crippen molar-refractivity contribution in [1.29, 1.82) is 0 Å². The van der Waals surface area contributed by atoms with Gasteiger partial charge in [0.05, 0.1) is 24.9 Å². The molecule has 1 aromatic rings. The lowest BCUT2D eigenvalue weighted by Gasteiger charge is -2.20. The molecule has 1 N–H and O–H groups in total. The molecule has 0 bridgehead atoms. The smallest absolute Gasteiger partial charge is 0.162 e. The number of nitrogens with one attached hydrogen (secondary N) is 1. The minimum Gasteiger partial charge on any atom is -0.493 e. The molecule has 0 heterocycles. The van der Waals surface area contributed by atoms with E-state index in [9.17, 15) is 0 Å². The first-order valence-corrected chi connectivity index (χ1v) is 7.30. The second kappa shape index (κ2) is 6.90. The maximum absolute atomic E-state index is 6.30. The van der Waals surface area contributed by atoms with Gasteiger partial charge in [0.1, 0.15) is 0 Å². The Balaban J connectivity index is 2.14. The Kier molecular flexibility index (Phi) is 5.20. The predicted octanol–water partition coefficient (Wildman–Crippen LogP) is 4.49. The van der Waals surface area contributed by atoms with Crippen molar-refractivity contribution in [2.75, 3.05) is 19.5 Å². The van der Waals surface area contributed by atoms with Crippen molar-refractivity contribution in [2.45, 2.75) is 44.6 Å². The SMILES string of the molecule is COc1cc(Cl)c(NC2CCCCCC2)cc1OC. The molecule has 0 aromatic heterocycles. The third-order valence-electron chi connectivity index (χ3n) is 3.69. The Labute approximate surface area is 120 Å². The van der Waals surface area contributed by atoms with Crippen molar-refractivity contribution in [1.82, 2.24) is 0 Å². The van der Waals surface area contributed by atoms with Gasteiger partial charge in [0.2, 0.25) is 0 Å². The predicted molar refractivity (Wildman–Crippen MR) is 79.7 cm³/mol. The Hall–Kier alpha value is -1.09. The first kappa shape index (κ1) is 14.3. The lowest BCUT2D eigenvalue weighted by atomic mass is 10.1. The molecular formula is C15H22ClNO2. The quantitative estimate of drug-likeness (QED) is 0.826. The zero-order valence-electron chi connectivity index (χ0n) is 11.7. The molecule has 0 amide bonds. The van der Waals surface area contributed by atoms with Crippen LogP contribution in [-0.4, -0.2) is 20.3 Å². The van der Waals surface area contributed by atoms with Gasteiger partial charge in [0.25, 0.3) is 0 Å². The molecule has 0 saturated heterocycles. The Bertz CT molecular complexity index is 415. The summed E-state index contributed by atoms with van der Waals surface area (Å²) in [5.41, 5.74) is 0.936. The molecule has 4 heteroatoms. The van der Waals surface area contributed by atoms with Crippen LogP contribution in [0.3, 0.4) is 0 Å². The zero-order valence-corrected chi connectivity index (χ0v) is 12.4. The van der Waals surface area contributed by atoms with Crippen LogP contribution in [0, 0.1) is 0 Å². The molecule has 19 heavy (non-hydrogen) atoms. The standard InChI is InChI=1S/C15H22ClNO2/c1-18-14-9-12(16)13(10-15(14)19-2)17-11-7-5-3-4-6-8-11/h9-11,17H,3-8H2,1-2H3. The van der Waals surface area contributed by atoms with E-state index < -0.39 is 0 Å². The molecule has 0 atom stereocenters. The minimum absolute atomic E-state index is 0.512. The molecule has 0 aliphatic heterocycles. The normalized spacial score (nSPS) is 16.8. The van der Waals surface area contributed by atoms with Gasteiger partial charge >= 0.3 is 0 Å². The van der Waals surface area contributed by atoms with Crippen LogP contribution in [0.25, 0.3) is 0 Å². The van der Waals surface area contributed by atoms with Gasteiger partial charge in [0.15, 0.2) is 11.5 Å². The van der Waals surface area contributed by atoms with E-state index in [4.69, 9.17) is 21.1 Å². The van der Waals surface area contributed by atoms with Crippen molar-refractivity contribution >= 4 is 17.3 Å². The van der Waals surface area contributed by atoms with Crippen molar-refractivity contribution in [3.8, 4) is 11.5 Å². The number of hydrogen-bond donors (Lipinski definition) is 1. The van der Waals surface area contributed by atoms with Crippen LogP contribution in [0.5, 0.6) is 11.5 Å². The van der Waals surface area contributed by atoms with Crippen LogP contribution in [0.4, 0.5) is 5.69 Å². The number of rotatable bonds is 4. The molecule has 1 aromatic carbocycles. The molecule has 0 spiro atoms.